The second-order valence-electron chi connectivity index (χ2n) is 11.6. The normalized spacial score (nSPS) is 20.0. The quantitative estimate of drug-likeness (QED) is 0.303. The highest BCUT2D eigenvalue weighted by atomic mass is 16.5. The first-order valence-corrected chi connectivity index (χ1v) is 14.9. The molecular weight excluding hydrogens is 516 g/mol. The lowest BCUT2D eigenvalue weighted by molar-refractivity contribution is -0.137. The molecule has 3 aliphatic heterocycles. The van der Waals surface area contributed by atoms with Crippen molar-refractivity contribution in [1.82, 2.24) is 4.90 Å². The van der Waals surface area contributed by atoms with Crippen LogP contribution in [0.25, 0.3) is 11.1 Å². The highest BCUT2D eigenvalue weighted by molar-refractivity contribution is 5.79. The standard InChI is InChI=1S/C34H40N2O5/c1-22-16-26(39-15-14-36-12-5-3-4-6-13-36)17-23(2)33(22)29-9-7-8-28-30(21-41-34(28)29)35-25-10-11-27-24(18-32(37)38)20-40-31(27)19-25/h7-11,16-17,19,24,30,35H,3-6,12-15,18,20-21H2,1-2H3,(H,37,38)/t24-,30-/m1/s1. The molecule has 3 aliphatic rings. The topological polar surface area (TPSA) is 80.3 Å². The average Bonchev–Trinajstić information content (AvgIpc) is 3.43. The summed E-state index contributed by atoms with van der Waals surface area (Å²) in [6.45, 7) is 9.29. The Morgan fingerprint density at radius 3 is 2.51 bits per heavy atom. The average molecular weight is 557 g/mol. The molecule has 7 nitrogen and oxygen atoms in total. The lowest BCUT2D eigenvalue weighted by Crippen LogP contribution is -2.29. The van der Waals surface area contributed by atoms with Gasteiger partial charge in [-0.25, -0.2) is 0 Å². The molecule has 2 atom stereocenters. The van der Waals surface area contributed by atoms with Crippen LogP contribution in [0.4, 0.5) is 5.69 Å². The number of carboxylic acids is 1. The van der Waals surface area contributed by atoms with Crippen LogP contribution in [0.15, 0.2) is 48.5 Å². The van der Waals surface area contributed by atoms with Gasteiger partial charge in [-0.1, -0.05) is 37.1 Å². The van der Waals surface area contributed by atoms with Gasteiger partial charge in [0.2, 0.25) is 0 Å². The maximum absolute atomic E-state index is 11.2. The maximum Gasteiger partial charge on any atom is 0.304 e. The van der Waals surface area contributed by atoms with E-state index in [1.807, 2.05) is 18.2 Å². The van der Waals surface area contributed by atoms with E-state index in [9.17, 15) is 9.90 Å². The third-order valence-electron chi connectivity index (χ3n) is 8.62. The van der Waals surface area contributed by atoms with Crippen LogP contribution in [0.2, 0.25) is 0 Å². The van der Waals surface area contributed by atoms with E-state index in [0.29, 0.717) is 19.8 Å². The van der Waals surface area contributed by atoms with Gasteiger partial charge in [-0.05, 0) is 74.7 Å². The summed E-state index contributed by atoms with van der Waals surface area (Å²) in [6.07, 6.45) is 5.37. The smallest absolute Gasteiger partial charge is 0.304 e. The van der Waals surface area contributed by atoms with Crippen molar-refractivity contribution in [3.05, 3.63) is 70.8 Å². The van der Waals surface area contributed by atoms with E-state index in [-0.39, 0.29) is 18.4 Å². The maximum atomic E-state index is 11.2. The number of likely N-dealkylation sites (tertiary alicyclic amines) is 1. The number of aryl methyl sites for hydroxylation is 2. The summed E-state index contributed by atoms with van der Waals surface area (Å²) in [6, 6.07) is 16.6. The Morgan fingerprint density at radius 2 is 1.76 bits per heavy atom. The predicted molar refractivity (Wildman–Crippen MR) is 161 cm³/mol. The molecule has 6 rings (SSSR count). The van der Waals surface area contributed by atoms with E-state index < -0.39 is 5.97 Å². The van der Waals surface area contributed by atoms with Crippen molar-refractivity contribution in [2.75, 3.05) is 44.8 Å². The molecule has 0 aliphatic carbocycles. The molecule has 3 aromatic rings. The van der Waals surface area contributed by atoms with E-state index in [0.717, 1.165) is 46.2 Å². The molecule has 0 bridgehead atoms. The molecule has 1 fully saturated rings. The minimum atomic E-state index is -0.806. The SMILES string of the molecule is Cc1cc(OCCN2CCCCCC2)cc(C)c1-c1cccc2c1OC[C@H]2Nc1ccc2c(c1)OC[C@H]2CC(=O)O. The van der Waals surface area contributed by atoms with Crippen LogP contribution in [-0.4, -0.2) is 55.4 Å². The Kier molecular flexibility index (Phi) is 8.06. The summed E-state index contributed by atoms with van der Waals surface area (Å²) in [5.41, 5.74) is 7.67. The van der Waals surface area contributed by atoms with E-state index in [1.54, 1.807) is 0 Å². The zero-order chi connectivity index (χ0) is 28.3. The second-order valence-corrected chi connectivity index (χ2v) is 11.6. The van der Waals surface area contributed by atoms with Crippen molar-refractivity contribution >= 4 is 11.7 Å². The fourth-order valence-electron chi connectivity index (χ4n) is 6.59. The van der Waals surface area contributed by atoms with Crippen molar-refractivity contribution in [3.63, 3.8) is 0 Å². The minimum absolute atomic E-state index is 0.00132. The van der Waals surface area contributed by atoms with E-state index in [1.165, 1.54) is 55.5 Å². The first-order valence-electron chi connectivity index (χ1n) is 14.9. The van der Waals surface area contributed by atoms with Gasteiger partial charge < -0.3 is 24.6 Å². The van der Waals surface area contributed by atoms with Crippen molar-refractivity contribution in [3.8, 4) is 28.4 Å². The summed E-state index contributed by atoms with van der Waals surface area (Å²) in [5.74, 6) is 1.70. The van der Waals surface area contributed by atoms with Crippen LogP contribution < -0.4 is 19.5 Å². The molecule has 0 saturated carbocycles. The van der Waals surface area contributed by atoms with Gasteiger partial charge >= 0.3 is 5.97 Å². The number of anilines is 1. The van der Waals surface area contributed by atoms with Crippen LogP contribution in [0.1, 0.15) is 66.3 Å². The number of hydrogen-bond donors (Lipinski definition) is 2. The van der Waals surface area contributed by atoms with Gasteiger partial charge in [0.05, 0.1) is 19.1 Å². The third kappa shape index (κ3) is 6.01. The van der Waals surface area contributed by atoms with Crippen LogP contribution in [0, 0.1) is 13.8 Å². The summed E-state index contributed by atoms with van der Waals surface area (Å²) >= 11 is 0. The highest BCUT2D eigenvalue weighted by Gasteiger charge is 2.30. The molecule has 41 heavy (non-hydrogen) atoms. The van der Waals surface area contributed by atoms with Crippen molar-refractivity contribution < 1.29 is 24.1 Å². The van der Waals surface area contributed by atoms with E-state index in [4.69, 9.17) is 14.2 Å². The molecular formula is C34H40N2O5. The molecule has 3 aromatic carbocycles. The lowest BCUT2D eigenvalue weighted by atomic mass is 9.92. The zero-order valence-electron chi connectivity index (χ0n) is 24.1. The molecule has 0 unspecified atom stereocenters. The number of nitrogens with zero attached hydrogens (tertiary/aromatic N) is 1. The molecule has 0 aromatic heterocycles. The molecule has 0 amide bonds. The lowest BCUT2D eigenvalue weighted by Gasteiger charge is -2.20. The van der Waals surface area contributed by atoms with Gasteiger partial charge in [0.1, 0.15) is 30.5 Å². The Balaban J connectivity index is 1.15. The molecule has 3 heterocycles. The molecule has 1 saturated heterocycles. The van der Waals surface area contributed by atoms with Crippen LogP contribution in [0.3, 0.4) is 0 Å². The Hall–Kier alpha value is -3.71. The molecule has 2 N–H and O–H groups in total. The molecule has 216 valence electrons. The van der Waals surface area contributed by atoms with Crippen molar-refractivity contribution in [2.24, 2.45) is 0 Å². The van der Waals surface area contributed by atoms with Gasteiger partial charge in [-0.15, -0.1) is 0 Å². The van der Waals surface area contributed by atoms with Gasteiger partial charge in [0.25, 0.3) is 0 Å². The number of carbonyl (C=O) groups is 1. The predicted octanol–water partition coefficient (Wildman–Crippen LogP) is 6.72. The van der Waals surface area contributed by atoms with Gasteiger partial charge in [-0.2, -0.15) is 0 Å². The van der Waals surface area contributed by atoms with Gasteiger partial charge in [0.15, 0.2) is 0 Å². The second kappa shape index (κ2) is 12.0. The number of benzene rings is 3. The van der Waals surface area contributed by atoms with Crippen LogP contribution in [0.5, 0.6) is 17.2 Å². The fraction of sp³-hybridized carbons (Fsp3) is 0.441. The van der Waals surface area contributed by atoms with E-state index in [2.05, 4.69) is 54.4 Å². The largest absolute Gasteiger partial charge is 0.493 e. The van der Waals surface area contributed by atoms with Crippen molar-refractivity contribution in [1.29, 1.82) is 0 Å². The molecule has 0 radical (unpaired) electrons. The van der Waals surface area contributed by atoms with Crippen LogP contribution in [-0.2, 0) is 4.79 Å². The van der Waals surface area contributed by atoms with E-state index >= 15 is 0 Å². The first-order chi connectivity index (χ1) is 20.0. The summed E-state index contributed by atoms with van der Waals surface area (Å²) in [5, 5.41) is 12.8. The number of rotatable bonds is 9. The monoisotopic (exact) mass is 556 g/mol. The summed E-state index contributed by atoms with van der Waals surface area (Å²) in [4.78, 5) is 13.7. The number of para-hydroxylation sites is 1. The summed E-state index contributed by atoms with van der Waals surface area (Å²) in [7, 11) is 0. The molecule has 7 heteroatoms. The first kappa shape index (κ1) is 27.5. The Morgan fingerprint density at radius 1 is 0.976 bits per heavy atom. The van der Waals surface area contributed by atoms with Crippen molar-refractivity contribution in [2.45, 2.75) is 57.9 Å². The Labute approximate surface area is 242 Å². The number of hydrogen-bond acceptors (Lipinski definition) is 6. The minimum Gasteiger partial charge on any atom is -0.493 e. The number of nitrogens with one attached hydrogen (secondary N) is 1. The summed E-state index contributed by atoms with van der Waals surface area (Å²) < 4.78 is 18.3. The van der Waals surface area contributed by atoms with Gasteiger partial charge in [0, 0.05) is 40.9 Å². The number of aliphatic carboxylic acids is 1. The van der Waals surface area contributed by atoms with Gasteiger partial charge in [-0.3, -0.25) is 9.69 Å². The Bertz CT molecular complexity index is 1390. The number of carboxylic acid groups (broad SMARTS) is 1. The third-order valence-corrected chi connectivity index (χ3v) is 8.62. The van der Waals surface area contributed by atoms with Crippen LogP contribution >= 0.6 is 0 Å². The number of ether oxygens (including phenoxy) is 3. The zero-order valence-corrected chi connectivity index (χ0v) is 24.1. The molecule has 0 spiro atoms. The highest BCUT2D eigenvalue weighted by Crippen LogP contribution is 2.45. The fourth-order valence-corrected chi connectivity index (χ4v) is 6.59. The number of fused-ring (bicyclic) bond motifs is 2.